The minimum atomic E-state index is -0.770. The molecule has 2 unspecified atom stereocenters. The first-order chi connectivity index (χ1) is 17.8. The highest BCUT2D eigenvalue weighted by Crippen LogP contribution is 2.25. The maximum Gasteiger partial charge on any atom is 0.381 e. The van der Waals surface area contributed by atoms with Gasteiger partial charge < -0.3 is 14.6 Å². The lowest BCUT2D eigenvalue weighted by molar-refractivity contribution is -0.208. The Morgan fingerprint density at radius 2 is 1.49 bits per heavy atom. The van der Waals surface area contributed by atoms with Gasteiger partial charge in [0.2, 0.25) is 0 Å². The number of ether oxygens (including phenoxy) is 2. The first-order valence-electron chi connectivity index (χ1n) is 12.1. The highest BCUT2D eigenvalue weighted by atomic mass is 17.2. The molecule has 0 spiro atoms. The molecule has 7 heteroatoms. The van der Waals surface area contributed by atoms with E-state index in [9.17, 15) is 14.7 Å². The van der Waals surface area contributed by atoms with Crippen molar-refractivity contribution in [2.75, 3.05) is 6.61 Å². The molecule has 0 saturated heterocycles. The van der Waals surface area contributed by atoms with Gasteiger partial charge in [0.25, 0.3) is 0 Å². The fourth-order valence-corrected chi connectivity index (χ4v) is 3.46. The van der Waals surface area contributed by atoms with Gasteiger partial charge in [-0.1, -0.05) is 67.8 Å². The molecule has 0 heterocycles. The van der Waals surface area contributed by atoms with Crippen LogP contribution in [0.1, 0.15) is 32.6 Å². The molecule has 0 bridgehead atoms. The SMILES string of the molecule is C=C(CCC(C)OC(=O)C(=C)CCC(O)COc1cccc2ccccc12)C(=O)OOc1ccccc1. The third kappa shape index (κ3) is 8.81. The van der Waals surface area contributed by atoms with E-state index in [-0.39, 0.29) is 30.6 Å². The molecule has 7 nitrogen and oxygen atoms in total. The molecule has 0 aliphatic rings. The van der Waals surface area contributed by atoms with Gasteiger partial charge >= 0.3 is 11.9 Å². The van der Waals surface area contributed by atoms with Gasteiger partial charge in [0, 0.05) is 16.5 Å². The van der Waals surface area contributed by atoms with Crippen LogP contribution in [0, 0.1) is 0 Å². The van der Waals surface area contributed by atoms with Crippen LogP contribution in [0.3, 0.4) is 0 Å². The average molecular weight is 505 g/mol. The van der Waals surface area contributed by atoms with Crippen molar-refractivity contribution < 1.29 is 33.9 Å². The Balaban J connectivity index is 1.33. The predicted octanol–water partition coefficient (Wildman–Crippen LogP) is 5.72. The Hall–Kier alpha value is -4.10. The Bertz CT molecular complexity index is 1210. The molecule has 194 valence electrons. The zero-order chi connectivity index (χ0) is 26.6. The third-order valence-corrected chi connectivity index (χ3v) is 5.66. The average Bonchev–Trinajstić information content (AvgIpc) is 2.92. The molecule has 0 amide bonds. The van der Waals surface area contributed by atoms with E-state index in [1.165, 1.54) is 0 Å². The number of carbonyl (C=O) groups is 2. The van der Waals surface area contributed by atoms with Crippen LogP contribution in [0.25, 0.3) is 10.8 Å². The summed E-state index contributed by atoms with van der Waals surface area (Å²) in [5, 5.41) is 12.4. The summed E-state index contributed by atoms with van der Waals surface area (Å²) in [5.74, 6) is -0.141. The van der Waals surface area contributed by atoms with Crippen LogP contribution in [-0.4, -0.2) is 35.9 Å². The lowest BCUT2D eigenvalue weighted by atomic mass is 10.1. The van der Waals surface area contributed by atoms with E-state index < -0.39 is 24.1 Å². The highest BCUT2D eigenvalue weighted by molar-refractivity contribution is 5.89. The van der Waals surface area contributed by atoms with Crippen molar-refractivity contribution in [1.82, 2.24) is 0 Å². The smallest absolute Gasteiger partial charge is 0.381 e. The second-order valence-corrected chi connectivity index (χ2v) is 8.71. The number of fused-ring (bicyclic) bond motifs is 1. The number of para-hydroxylation sites is 1. The zero-order valence-corrected chi connectivity index (χ0v) is 20.9. The maximum atomic E-state index is 12.4. The number of hydrogen-bond acceptors (Lipinski definition) is 7. The number of aliphatic hydroxyl groups is 1. The van der Waals surface area contributed by atoms with Gasteiger partial charge in [-0.3, -0.25) is 4.89 Å². The van der Waals surface area contributed by atoms with E-state index in [4.69, 9.17) is 19.2 Å². The summed E-state index contributed by atoms with van der Waals surface area (Å²) in [6.45, 7) is 9.30. The van der Waals surface area contributed by atoms with Crippen LogP contribution in [0.5, 0.6) is 11.5 Å². The van der Waals surface area contributed by atoms with Gasteiger partial charge in [-0.05, 0) is 56.2 Å². The second kappa shape index (κ2) is 13.8. The number of carbonyl (C=O) groups excluding carboxylic acids is 2. The first-order valence-corrected chi connectivity index (χ1v) is 12.1. The highest BCUT2D eigenvalue weighted by Gasteiger charge is 2.18. The summed E-state index contributed by atoms with van der Waals surface area (Å²) in [6, 6.07) is 22.2. The Morgan fingerprint density at radius 1 is 0.838 bits per heavy atom. The normalized spacial score (nSPS) is 12.3. The van der Waals surface area contributed by atoms with Crippen LogP contribution in [0.15, 0.2) is 97.1 Å². The van der Waals surface area contributed by atoms with Crippen molar-refractivity contribution in [1.29, 1.82) is 0 Å². The van der Waals surface area contributed by atoms with E-state index >= 15 is 0 Å². The van der Waals surface area contributed by atoms with Gasteiger partial charge in [-0.2, -0.15) is 0 Å². The third-order valence-electron chi connectivity index (χ3n) is 5.66. The molecule has 0 radical (unpaired) electrons. The fourth-order valence-electron chi connectivity index (χ4n) is 3.46. The van der Waals surface area contributed by atoms with Crippen molar-refractivity contribution in [3.05, 3.63) is 97.1 Å². The molecule has 3 aromatic carbocycles. The van der Waals surface area contributed by atoms with Crippen molar-refractivity contribution in [2.24, 2.45) is 0 Å². The Labute approximate surface area is 216 Å². The number of benzene rings is 3. The van der Waals surface area contributed by atoms with Crippen LogP contribution in [0.4, 0.5) is 0 Å². The summed E-state index contributed by atoms with van der Waals surface area (Å²) in [7, 11) is 0. The molecule has 0 aliphatic carbocycles. The molecule has 37 heavy (non-hydrogen) atoms. The fraction of sp³-hybridized carbons (Fsp3) is 0.267. The number of esters is 1. The summed E-state index contributed by atoms with van der Waals surface area (Å²) in [4.78, 5) is 34.1. The van der Waals surface area contributed by atoms with Crippen molar-refractivity contribution in [2.45, 2.75) is 44.8 Å². The van der Waals surface area contributed by atoms with E-state index in [0.717, 1.165) is 10.8 Å². The predicted molar refractivity (Wildman–Crippen MR) is 141 cm³/mol. The van der Waals surface area contributed by atoms with Crippen molar-refractivity contribution in [3.8, 4) is 11.5 Å². The van der Waals surface area contributed by atoms with Crippen LogP contribution < -0.4 is 9.62 Å². The minimum absolute atomic E-state index is 0.0962. The molecular weight excluding hydrogens is 472 g/mol. The molecule has 0 saturated carbocycles. The largest absolute Gasteiger partial charge is 0.490 e. The molecule has 1 N–H and O–H groups in total. The topological polar surface area (TPSA) is 91.3 Å². The van der Waals surface area contributed by atoms with Gasteiger partial charge in [0.1, 0.15) is 12.4 Å². The van der Waals surface area contributed by atoms with E-state index in [2.05, 4.69) is 13.2 Å². The molecule has 0 aliphatic heterocycles. The van der Waals surface area contributed by atoms with Crippen LogP contribution in [0.2, 0.25) is 0 Å². The maximum absolute atomic E-state index is 12.4. The van der Waals surface area contributed by atoms with Gasteiger partial charge in [0.15, 0.2) is 5.75 Å². The quantitative estimate of drug-likeness (QED) is 0.130. The Morgan fingerprint density at radius 3 is 2.27 bits per heavy atom. The van der Waals surface area contributed by atoms with Crippen molar-refractivity contribution in [3.63, 3.8) is 0 Å². The number of rotatable bonds is 14. The lowest BCUT2D eigenvalue weighted by Gasteiger charge is -2.16. The standard InChI is InChI=1S/C30H32O7/c1-21(17-19-25(31)20-34-28-15-9-11-24-10-7-8-14-27(24)28)29(32)35-23(3)18-16-22(2)30(33)37-36-26-12-5-4-6-13-26/h4-15,23,25,31H,1-2,16-20H2,3H3. The molecule has 0 aromatic heterocycles. The van der Waals surface area contributed by atoms with Gasteiger partial charge in [-0.25, -0.2) is 14.5 Å². The van der Waals surface area contributed by atoms with Gasteiger partial charge in [-0.15, -0.1) is 0 Å². The molecule has 3 aromatic rings. The molecule has 0 fully saturated rings. The molecule has 3 rings (SSSR count). The zero-order valence-electron chi connectivity index (χ0n) is 20.9. The first kappa shape index (κ1) is 27.5. The minimum Gasteiger partial charge on any atom is -0.490 e. The van der Waals surface area contributed by atoms with E-state index in [1.54, 1.807) is 31.2 Å². The van der Waals surface area contributed by atoms with Gasteiger partial charge in [0.05, 0.1) is 12.2 Å². The van der Waals surface area contributed by atoms with E-state index in [1.807, 2.05) is 48.5 Å². The second-order valence-electron chi connectivity index (χ2n) is 8.71. The molecule has 2 atom stereocenters. The number of hydrogen-bond donors (Lipinski definition) is 1. The molecular formula is C30H32O7. The van der Waals surface area contributed by atoms with Crippen LogP contribution >= 0.6 is 0 Å². The summed E-state index contributed by atoms with van der Waals surface area (Å²) >= 11 is 0. The van der Waals surface area contributed by atoms with Crippen molar-refractivity contribution >= 4 is 22.7 Å². The summed E-state index contributed by atoms with van der Waals surface area (Å²) in [5.41, 5.74) is 0.456. The summed E-state index contributed by atoms with van der Waals surface area (Å²) < 4.78 is 11.2. The summed E-state index contributed by atoms with van der Waals surface area (Å²) in [6.07, 6.45) is -0.0302. The van der Waals surface area contributed by atoms with Crippen LogP contribution in [-0.2, 0) is 19.2 Å². The number of aliphatic hydroxyl groups excluding tert-OH is 1. The Kier molecular flexibility index (Phi) is 10.3. The monoisotopic (exact) mass is 504 g/mol. The van der Waals surface area contributed by atoms with E-state index in [0.29, 0.717) is 24.3 Å². The lowest BCUT2D eigenvalue weighted by Crippen LogP contribution is -2.20.